The molecular formula is C14H9Br2F2NO. The number of carbonyl (C=O) groups is 1. The van der Waals surface area contributed by atoms with Gasteiger partial charge in [-0.1, -0.05) is 15.9 Å². The minimum atomic E-state index is -0.436. The Morgan fingerprint density at radius 1 is 1.05 bits per heavy atom. The van der Waals surface area contributed by atoms with E-state index in [1.54, 1.807) is 6.07 Å². The number of benzene rings is 2. The third-order valence-corrected chi connectivity index (χ3v) is 4.01. The first-order chi connectivity index (χ1) is 9.47. The van der Waals surface area contributed by atoms with Gasteiger partial charge in [0, 0.05) is 16.6 Å². The smallest absolute Gasteiger partial charge is 0.251 e. The number of nitrogens with one attached hydrogen (secondary N) is 1. The monoisotopic (exact) mass is 403 g/mol. The topological polar surface area (TPSA) is 29.1 Å². The molecule has 0 radical (unpaired) electrons. The largest absolute Gasteiger partial charge is 0.348 e. The molecule has 2 nitrogen and oxygen atoms in total. The van der Waals surface area contributed by atoms with Crippen molar-refractivity contribution in [3.63, 3.8) is 0 Å². The number of carbonyl (C=O) groups excluding carboxylic acids is 1. The van der Waals surface area contributed by atoms with Crippen molar-refractivity contribution in [2.75, 3.05) is 0 Å². The van der Waals surface area contributed by atoms with Crippen molar-refractivity contribution >= 4 is 37.8 Å². The van der Waals surface area contributed by atoms with Crippen LogP contribution >= 0.6 is 31.9 Å². The Labute approximate surface area is 131 Å². The molecule has 104 valence electrons. The van der Waals surface area contributed by atoms with Crippen molar-refractivity contribution in [1.29, 1.82) is 0 Å². The summed E-state index contributed by atoms with van der Waals surface area (Å²) in [5.41, 5.74) is 0.949. The van der Waals surface area contributed by atoms with Gasteiger partial charge in [0.25, 0.3) is 5.91 Å². The molecule has 0 unspecified atom stereocenters. The number of rotatable bonds is 3. The van der Waals surface area contributed by atoms with Crippen molar-refractivity contribution in [2.24, 2.45) is 0 Å². The second kappa shape index (κ2) is 6.45. The van der Waals surface area contributed by atoms with Crippen molar-refractivity contribution in [1.82, 2.24) is 5.32 Å². The lowest BCUT2D eigenvalue weighted by Gasteiger charge is -2.08. The second-order valence-electron chi connectivity index (χ2n) is 4.05. The van der Waals surface area contributed by atoms with Crippen LogP contribution in [-0.2, 0) is 6.54 Å². The van der Waals surface area contributed by atoms with E-state index in [9.17, 15) is 13.6 Å². The molecule has 2 aromatic carbocycles. The summed E-state index contributed by atoms with van der Waals surface area (Å²) < 4.78 is 27.1. The Balaban J connectivity index is 2.08. The highest BCUT2D eigenvalue weighted by Gasteiger charge is 2.09. The Bertz CT molecular complexity index is 662. The predicted molar refractivity (Wildman–Crippen MR) is 79.4 cm³/mol. The lowest BCUT2D eigenvalue weighted by molar-refractivity contribution is 0.0950. The van der Waals surface area contributed by atoms with Gasteiger partial charge >= 0.3 is 0 Å². The van der Waals surface area contributed by atoms with Crippen LogP contribution in [0.1, 0.15) is 15.9 Å². The average Bonchev–Trinajstić information content (AvgIpc) is 2.42. The van der Waals surface area contributed by atoms with Gasteiger partial charge in [-0.3, -0.25) is 4.79 Å². The van der Waals surface area contributed by atoms with Crippen LogP contribution < -0.4 is 5.32 Å². The van der Waals surface area contributed by atoms with E-state index in [2.05, 4.69) is 37.2 Å². The predicted octanol–water partition coefficient (Wildman–Crippen LogP) is 4.42. The van der Waals surface area contributed by atoms with E-state index in [0.717, 1.165) is 0 Å². The molecule has 1 amide bonds. The molecule has 0 saturated carbocycles. The highest BCUT2D eigenvalue weighted by atomic mass is 79.9. The van der Waals surface area contributed by atoms with Crippen LogP contribution in [0.4, 0.5) is 8.78 Å². The zero-order valence-electron chi connectivity index (χ0n) is 10.1. The lowest BCUT2D eigenvalue weighted by atomic mass is 10.2. The lowest BCUT2D eigenvalue weighted by Crippen LogP contribution is -2.23. The summed E-state index contributed by atoms with van der Waals surface area (Å²) in [6.45, 7) is 0.173. The van der Waals surface area contributed by atoms with E-state index >= 15 is 0 Å². The van der Waals surface area contributed by atoms with Crippen LogP contribution in [0, 0.1) is 11.6 Å². The molecule has 2 rings (SSSR count). The quantitative estimate of drug-likeness (QED) is 0.805. The highest BCUT2D eigenvalue weighted by Crippen LogP contribution is 2.19. The molecule has 20 heavy (non-hydrogen) atoms. The Morgan fingerprint density at radius 3 is 2.50 bits per heavy atom. The van der Waals surface area contributed by atoms with Gasteiger partial charge in [-0.25, -0.2) is 8.78 Å². The minimum Gasteiger partial charge on any atom is -0.348 e. The molecule has 0 heterocycles. The molecular weight excluding hydrogens is 396 g/mol. The van der Waals surface area contributed by atoms with E-state index in [-0.39, 0.29) is 22.7 Å². The van der Waals surface area contributed by atoms with Crippen LogP contribution in [0.5, 0.6) is 0 Å². The fourth-order valence-corrected chi connectivity index (χ4v) is 2.36. The fourth-order valence-electron chi connectivity index (χ4n) is 1.59. The van der Waals surface area contributed by atoms with Gasteiger partial charge in [0.2, 0.25) is 0 Å². The van der Waals surface area contributed by atoms with Gasteiger partial charge in [0.15, 0.2) is 0 Å². The molecule has 0 saturated heterocycles. The molecule has 6 heteroatoms. The maximum absolute atomic E-state index is 13.1. The van der Waals surface area contributed by atoms with Crippen LogP contribution in [-0.4, -0.2) is 5.91 Å². The molecule has 2 aromatic rings. The minimum absolute atomic E-state index is 0.173. The summed E-state index contributed by atoms with van der Waals surface area (Å²) in [7, 11) is 0. The van der Waals surface area contributed by atoms with E-state index in [1.807, 2.05) is 0 Å². The Morgan fingerprint density at radius 2 is 1.80 bits per heavy atom. The van der Waals surface area contributed by atoms with Crippen LogP contribution in [0.2, 0.25) is 0 Å². The molecule has 0 fully saturated rings. The van der Waals surface area contributed by atoms with Crippen LogP contribution in [0.15, 0.2) is 45.3 Å². The molecule has 0 aliphatic heterocycles. The zero-order valence-corrected chi connectivity index (χ0v) is 13.3. The van der Waals surface area contributed by atoms with Crippen LogP contribution in [0.25, 0.3) is 0 Å². The SMILES string of the molecule is O=C(NCc1cc(F)ccc1Br)c1ccc(F)c(Br)c1. The van der Waals surface area contributed by atoms with E-state index in [4.69, 9.17) is 0 Å². The normalized spacial score (nSPS) is 10.4. The number of halogens is 4. The summed E-state index contributed by atoms with van der Waals surface area (Å²) in [6, 6.07) is 8.22. The van der Waals surface area contributed by atoms with Gasteiger partial charge in [-0.2, -0.15) is 0 Å². The summed E-state index contributed by atoms with van der Waals surface area (Å²) in [4.78, 5) is 11.9. The van der Waals surface area contributed by atoms with Gasteiger partial charge in [0.1, 0.15) is 11.6 Å². The molecule has 1 N–H and O–H groups in total. The zero-order chi connectivity index (χ0) is 14.7. The standard InChI is InChI=1S/C14H9Br2F2NO/c15-11-3-2-10(17)5-9(11)7-19-14(20)8-1-4-13(18)12(16)6-8/h1-6H,7H2,(H,19,20). The van der Waals surface area contributed by atoms with E-state index in [0.29, 0.717) is 15.6 Å². The molecule has 0 atom stereocenters. The molecule has 0 aliphatic carbocycles. The summed E-state index contributed by atoms with van der Waals surface area (Å²) in [6.07, 6.45) is 0. The number of amides is 1. The number of hydrogen-bond donors (Lipinski definition) is 1. The van der Waals surface area contributed by atoms with Crippen molar-refractivity contribution in [3.8, 4) is 0 Å². The van der Waals surface area contributed by atoms with Crippen molar-refractivity contribution in [2.45, 2.75) is 6.54 Å². The number of hydrogen-bond acceptors (Lipinski definition) is 1. The first-order valence-corrected chi connectivity index (χ1v) is 7.23. The molecule has 0 aliphatic rings. The first kappa shape index (κ1) is 15.1. The Kier molecular flexibility index (Phi) is 4.88. The van der Waals surface area contributed by atoms with Crippen molar-refractivity contribution < 1.29 is 13.6 Å². The maximum atomic E-state index is 13.1. The van der Waals surface area contributed by atoms with Gasteiger partial charge in [0.05, 0.1) is 4.47 Å². The highest BCUT2D eigenvalue weighted by molar-refractivity contribution is 9.10. The average molecular weight is 405 g/mol. The molecule has 0 spiro atoms. The van der Waals surface area contributed by atoms with E-state index in [1.165, 1.54) is 30.3 Å². The van der Waals surface area contributed by atoms with E-state index < -0.39 is 5.82 Å². The summed E-state index contributed by atoms with van der Waals surface area (Å²) in [5.74, 6) is -1.17. The third kappa shape index (κ3) is 3.64. The van der Waals surface area contributed by atoms with Gasteiger partial charge in [-0.05, 0) is 57.9 Å². The summed E-state index contributed by atoms with van der Waals surface area (Å²) >= 11 is 6.30. The molecule has 0 bridgehead atoms. The summed E-state index contributed by atoms with van der Waals surface area (Å²) in [5, 5.41) is 2.65. The first-order valence-electron chi connectivity index (χ1n) is 5.64. The Hall–Kier alpha value is -1.27. The molecule has 0 aromatic heterocycles. The van der Waals surface area contributed by atoms with Crippen molar-refractivity contribution in [3.05, 3.63) is 68.1 Å². The second-order valence-corrected chi connectivity index (χ2v) is 5.76. The van der Waals surface area contributed by atoms with Gasteiger partial charge in [-0.15, -0.1) is 0 Å². The maximum Gasteiger partial charge on any atom is 0.251 e. The van der Waals surface area contributed by atoms with Gasteiger partial charge < -0.3 is 5.32 Å². The van der Waals surface area contributed by atoms with Crippen LogP contribution in [0.3, 0.4) is 0 Å². The third-order valence-electron chi connectivity index (χ3n) is 2.63. The fraction of sp³-hybridized carbons (Fsp3) is 0.0714.